The van der Waals surface area contributed by atoms with Gasteiger partial charge in [0.1, 0.15) is 6.10 Å². The number of aliphatic carboxylic acids is 1. The minimum absolute atomic E-state index is 0.0323. The number of hydrogen-bond acceptors (Lipinski definition) is 7. The molecule has 4 saturated carbocycles. The number of allylic oxidation sites excluding steroid dienone is 1. The van der Waals surface area contributed by atoms with Crippen molar-refractivity contribution in [3.63, 3.8) is 0 Å². The standard InChI is InChI=1S/C45H67ClN2O6/c1-26(2)36-29(49)22-45(33(50)25-48-41(7,8)32-15-12-27(46)24-47-32)21-20-43(10)28(37(36)45)13-14-31-42(9)18-17-34(54-35(51)23-39(3,4)38(52)53)40(5,6)30(42)16-19-44(31,43)11/h12,15,24,26,28,30-31,33-34,48,50H,13-14,16-23,25H2,1-11H3,(H,52,53)/t28-,30+,31-,33?,34+,42+,43-,44-,45?/m1/s1. The Morgan fingerprint density at radius 3 is 2.26 bits per heavy atom. The first-order chi connectivity index (χ1) is 24.9. The van der Waals surface area contributed by atoms with Crippen LogP contribution in [0.15, 0.2) is 29.5 Å². The Balaban J connectivity index is 1.27. The second-order valence-corrected chi connectivity index (χ2v) is 21.4. The Kier molecular flexibility index (Phi) is 10.5. The van der Waals surface area contributed by atoms with Crippen LogP contribution in [-0.2, 0) is 24.7 Å². The van der Waals surface area contributed by atoms with E-state index in [0.717, 1.165) is 62.6 Å². The molecule has 0 spiro atoms. The van der Waals surface area contributed by atoms with Crippen molar-refractivity contribution in [2.45, 2.75) is 158 Å². The number of halogens is 1. The third-order valence-electron chi connectivity index (χ3n) is 16.6. The maximum absolute atomic E-state index is 14.1. The van der Waals surface area contributed by atoms with Gasteiger partial charge in [-0.05, 0) is 137 Å². The van der Waals surface area contributed by atoms with Crippen LogP contribution in [-0.4, -0.2) is 51.7 Å². The van der Waals surface area contributed by atoms with E-state index >= 15 is 0 Å². The molecule has 1 aromatic heterocycles. The zero-order valence-corrected chi connectivity index (χ0v) is 35.6. The Morgan fingerprint density at radius 1 is 0.963 bits per heavy atom. The van der Waals surface area contributed by atoms with Crippen molar-refractivity contribution >= 4 is 29.3 Å². The zero-order valence-electron chi connectivity index (χ0n) is 34.8. The van der Waals surface area contributed by atoms with Crippen LogP contribution >= 0.6 is 11.6 Å². The third kappa shape index (κ3) is 6.31. The van der Waals surface area contributed by atoms with E-state index in [9.17, 15) is 24.6 Å². The molecule has 1 heterocycles. The van der Waals surface area contributed by atoms with Crippen molar-refractivity contribution in [3.05, 3.63) is 40.2 Å². The summed E-state index contributed by atoms with van der Waals surface area (Å²) in [5.74, 6) is -0.0675. The number of carbonyl (C=O) groups is 3. The summed E-state index contributed by atoms with van der Waals surface area (Å²) in [6.07, 6.45) is 8.59. The van der Waals surface area contributed by atoms with Gasteiger partial charge in [0.05, 0.1) is 34.2 Å². The number of nitrogens with zero attached hydrogens (tertiary/aromatic N) is 1. The monoisotopic (exact) mass is 766 g/mol. The highest BCUT2D eigenvalue weighted by Gasteiger charge is 2.70. The topological polar surface area (TPSA) is 126 Å². The molecule has 9 heteroatoms. The summed E-state index contributed by atoms with van der Waals surface area (Å²) in [6.45, 7) is 24.1. The van der Waals surface area contributed by atoms with E-state index < -0.39 is 34.4 Å². The number of aliphatic hydroxyl groups excluding tert-OH is 1. The molecule has 4 fully saturated rings. The summed E-state index contributed by atoms with van der Waals surface area (Å²) in [6, 6.07) is 3.76. The summed E-state index contributed by atoms with van der Waals surface area (Å²) < 4.78 is 6.17. The molecular weight excluding hydrogens is 700 g/mol. The number of hydrogen-bond donors (Lipinski definition) is 3. The first kappa shape index (κ1) is 41.3. The number of rotatable bonds is 10. The number of fused-ring (bicyclic) bond motifs is 7. The minimum atomic E-state index is -1.17. The van der Waals surface area contributed by atoms with Crippen LogP contribution in [0.4, 0.5) is 0 Å². The van der Waals surface area contributed by atoms with Crippen LogP contribution in [0, 0.1) is 56.2 Å². The van der Waals surface area contributed by atoms with Gasteiger partial charge in [0, 0.05) is 30.0 Å². The number of carbonyl (C=O) groups excluding carboxylic acids is 2. The lowest BCUT2D eigenvalue weighted by atomic mass is 9.33. The van der Waals surface area contributed by atoms with Crippen LogP contribution in [0.5, 0.6) is 0 Å². The highest BCUT2D eigenvalue weighted by atomic mass is 35.5. The number of esters is 1. The number of pyridine rings is 1. The Morgan fingerprint density at radius 2 is 1.65 bits per heavy atom. The van der Waals surface area contributed by atoms with Crippen LogP contribution in [0.2, 0.25) is 5.02 Å². The average molecular weight is 767 g/mol. The molecule has 0 amide bonds. The lowest BCUT2D eigenvalue weighted by molar-refractivity contribution is -0.235. The molecule has 0 bridgehead atoms. The van der Waals surface area contributed by atoms with Gasteiger partial charge in [-0.25, -0.2) is 0 Å². The fourth-order valence-electron chi connectivity index (χ4n) is 13.3. The van der Waals surface area contributed by atoms with Gasteiger partial charge in [-0.2, -0.15) is 0 Å². The Labute approximate surface area is 329 Å². The quantitative estimate of drug-likeness (QED) is 0.201. The molecule has 2 unspecified atom stereocenters. The van der Waals surface area contributed by atoms with Crippen molar-refractivity contribution in [2.24, 2.45) is 56.2 Å². The van der Waals surface area contributed by atoms with Crippen molar-refractivity contribution < 1.29 is 29.3 Å². The number of nitrogens with one attached hydrogen (secondary N) is 1. The molecule has 6 rings (SSSR count). The molecule has 0 radical (unpaired) electrons. The normalized spacial score (nSPS) is 36.9. The molecule has 0 aliphatic heterocycles. The summed E-state index contributed by atoms with van der Waals surface area (Å²) in [5.41, 5.74) is 0.618. The second-order valence-electron chi connectivity index (χ2n) is 20.9. The van der Waals surface area contributed by atoms with Gasteiger partial charge in [0.2, 0.25) is 0 Å². The fourth-order valence-corrected chi connectivity index (χ4v) is 13.4. The molecule has 0 saturated heterocycles. The lowest BCUT2D eigenvalue weighted by Gasteiger charge is -2.72. The molecule has 9 atom stereocenters. The van der Waals surface area contributed by atoms with Crippen LogP contribution in [0.3, 0.4) is 0 Å². The average Bonchev–Trinajstić information content (AvgIpc) is 3.38. The number of carboxylic acids is 1. The number of ether oxygens (including phenoxy) is 1. The molecule has 8 nitrogen and oxygen atoms in total. The molecule has 0 aromatic carbocycles. The van der Waals surface area contributed by atoms with E-state index in [1.807, 2.05) is 12.1 Å². The first-order valence-corrected chi connectivity index (χ1v) is 21.0. The van der Waals surface area contributed by atoms with E-state index in [0.29, 0.717) is 29.8 Å². The van der Waals surface area contributed by atoms with Gasteiger partial charge >= 0.3 is 11.9 Å². The smallest absolute Gasteiger partial charge is 0.309 e. The second kappa shape index (κ2) is 13.7. The highest BCUT2D eigenvalue weighted by molar-refractivity contribution is 6.30. The molecule has 5 aliphatic rings. The largest absolute Gasteiger partial charge is 0.481 e. The zero-order chi connectivity index (χ0) is 40.0. The number of Topliss-reactive ketones (excluding diaryl/α,β-unsaturated/α-hetero) is 1. The fraction of sp³-hybridized carbons (Fsp3) is 0.778. The van der Waals surface area contributed by atoms with Gasteiger partial charge in [0.15, 0.2) is 5.78 Å². The maximum Gasteiger partial charge on any atom is 0.309 e. The summed E-state index contributed by atoms with van der Waals surface area (Å²) in [5, 5.41) is 26.2. The van der Waals surface area contributed by atoms with Gasteiger partial charge in [-0.15, -0.1) is 0 Å². The first-order valence-electron chi connectivity index (χ1n) is 20.6. The van der Waals surface area contributed by atoms with Crippen molar-refractivity contribution in [2.75, 3.05) is 6.54 Å². The van der Waals surface area contributed by atoms with E-state index in [1.165, 1.54) is 5.57 Å². The van der Waals surface area contributed by atoms with Crippen LogP contribution < -0.4 is 5.32 Å². The van der Waals surface area contributed by atoms with Crippen molar-refractivity contribution in [3.8, 4) is 0 Å². The van der Waals surface area contributed by atoms with Crippen molar-refractivity contribution in [1.29, 1.82) is 0 Å². The summed E-state index contributed by atoms with van der Waals surface area (Å²) >= 11 is 6.13. The predicted octanol–water partition coefficient (Wildman–Crippen LogP) is 9.31. The lowest BCUT2D eigenvalue weighted by Crippen LogP contribution is -2.66. The van der Waals surface area contributed by atoms with Crippen LogP contribution in [0.25, 0.3) is 0 Å². The van der Waals surface area contributed by atoms with Crippen LogP contribution in [0.1, 0.15) is 146 Å². The van der Waals surface area contributed by atoms with Gasteiger partial charge in [-0.3, -0.25) is 19.4 Å². The minimum Gasteiger partial charge on any atom is -0.481 e. The van der Waals surface area contributed by atoms with E-state index in [1.54, 1.807) is 20.0 Å². The molecule has 300 valence electrons. The predicted molar refractivity (Wildman–Crippen MR) is 212 cm³/mol. The van der Waals surface area contributed by atoms with Gasteiger partial charge < -0.3 is 20.3 Å². The Hall–Kier alpha value is -2.29. The molecule has 54 heavy (non-hydrogen) atoms. The summed E-state index contributed by atoms with van der Waals surface area (Å²) in [7, 11) is 0. The molecule has 3 N–H and O–H groups in total. The van der Waals surface area contributed by atoms with Gasteiger partial charge in [0.25, 0.3) is 0 Å². The maximum atomic E-state index is 14.1. The van der Waals surface area contributed by atoms with E-state index in [2.05, 4.69) is 72.6 Å². The van der Waals surface area contributed by atoms with Gasteiger partial charge in [-0.1, -0.05) is 65.6 Å². The summed E-state index contributed by atoms with van der Waals surface area (Å²) in [4.78, 5) is 43.6. The third-order valence-corrected chi connectivity index (χ3v) is 16.8. The van der Waals surface area contributed by atoms with E-state index in [-0.39, 0.29) is 51.8 Å². The Bertz CT molecular complexity index is 1700. The van der Waals surface area contributed by atoms with E-state index in [4.69, 9.17) is 16.3 Å². The number of carboxylic acid groups (broad SMARTS) is 1. The molecule has 1 aromatic rings. The molecule has 5 aliphatic carbocycles. The highest BCUT2D eigenvalue weighted by Crippen LogP contribution is 2.77. The number of aromatic nitrogens is 1. The molecular formula is C45H67ClN2O6. The van der Waals surface area contributed by atoms with Crippen molar-refractivity contribution in [1.82, 2.24) is 10.3 Å². The number of ketones is 1. The SMILES string of the molecule is CC(C)C1=C2[C@H]3CC[C@@H]4[C@@]5(C)CC[C@H](OC(=O)CC(C)(C)C(=O)O)C(C)(C)[C@@H]5CC[C@@]4(C)[C@]3(C)CCC2(C(O)CNC(C)(C)c2ccc(Cl)cn2)CC1=O. The number of aliphatic hydroxyl groups is 1.